The first-order chi connectivity index (χ1) is 8.56. The van der Waals surface area contributed by atoms with Gasteiger partial charge in [0.1, 0.15) is 0 Å². The molecule has 0 bridgehead atoms. The van der Waals surface area contributed by atoms with Crippen molar-refractivity contribution in [1.82, 2.24) is 5.48 Å². The van der Waals surface area contributed by atoms with Gasteiger partial charge in [-0.1, -0.05) is 11.6 Å². The SMILES string of the molecule is COCCONC(=O)c1ccc([N+](=O)[O-])cc1Cl. The number of benzene rings is 1. The second-order valence-electron chi connectivity index (χ2n) is 3.19. The number of hydrogen-bond acceptors (Lipinski definition) is 5. The molecule has 7 nitrogen and oxygen atoms in total. The van der Waals surface area contributed by atoms with Gasteiger partial charge in [0.2, 0.25) is 0 Å². The van der Waals surface area contributed by atoms with Crippen LogP contribution in [0.1, 0.15) is 10.4 Å². The summed E-state index contributed by atoms with van der Waals surface area (Å²) in [7, 11) is 1.50. The van der Waals surface area contributed by atoms with Crippen molar-refractivity contribution in [1.29, 1.82) is 0 Å². The molecule has 0 aliphatic rings. The first kappa shape index (κ1) is 14.4. The number of nitrogens with one attached hydrogen (secondary N) is 1. The van der Waals surface area contributed by atoms with Gasteiger partial charge in [0, 0.05) is 19.2 Å². The smallest absolute Gasteiger partial charge is 0.276 e. The lowest BCUT2D eigenvalue weighted by molar-refractivity contribution is -0.384. The minimum Gasteiger partial charge on any atom is -0.382 e. The molecule has 0 aromatic heterocycles. The summed E-state index contributed by atoms with van der Waals surface area (Å²) in [5.74, 6) is -0.578. The van der Waals surface area contributed by atoms with Crippen LogP contribution in [0.3, 0.4) is 0 Å². The third kappa shape index (κ3) is 3.95. The highest BCUT2D eigenvalue weighted by atomic mass is 35.5. The predicted octanol–water partition coefficient (Wildman–Crippen LogP) is 1.56. The molecule has 1 aromatic rings. The van der Waals surface area contributed by atoms with Crippen molar-refractivity contribution in [3.63, 3.8) is 0 Å². The van der Waals surface area contributed by atoms with Gasteiger partial charge in [-0.25, -0.2) is 5.48 Å². The number of hydroxylamine groups is 1. The molecule has 0 aliphatic heterocycles. The number of nitrogens with zero attached hydrogens (tertiary/aromatic N) is 1. The summed E-state index contributed by atoms with van der Waals surface area (Å²) < 4.78 is 4.72. The van der Waals surface area contributed by atoms with Crippen LogP contribution in [0.5, 0.6) is 0 Å². The first-order valence-electron chi connectivity index (χ1n) is 4.91. The number of ether oxygens (including phenoxy) is 1. The maximum atomic E-state index is 11.6. The van der Waals surface area contributed by atoms with Gasteiger partial charge >= 0.3 is 0 Å². The zero-order chi connectivity index (χ0) is 13.5. The highest BCUT2D eigenvalue weighted by Gasteiger charge is 2.14. The number of rotatable bonds is 6. The Morgan fingerprint density at radius 1 is 1.50 bits per heavy atom. The normalized spacial score (nSPS) is 10.1. The first-order valence-corrected chi connectivity index (χ1v) is 5.29. The van der Waals surface area contributed by atoms with E-state index in [1.807, 2.05) is 0 Å². The topological polar surface area (TPSA) is 90.7 Å². The third-order valence-corrected chi connectivity index (χ3v) is 2.28. The zero-order valence-electron chi connectivity index (χ0n) is 9.51. The number of hydrogen-bond donors (Lipinski definition) is 1. The fourth-order valence-corrected chi connectivity index (χ4v) is 1.36. The third-order valence-electron chi connectivity index (χ3n) is 1.96. The number of methoxy groups -OCH3 is 1. The van der Waals surface area contributed by atoms with Crippen LogP contribution >= 0.6 is 11.6 Å². The number of nitro groups is 1. The van der Waals surface area contributed by atoms with Crippen LogP contribution in [-0.4, -0.2) is 31.2 Å². The molecule has 0 aliphatic carbocycles. The van der Waals surface area contributed by atoms with Gasteiger partial charge in [0.25, 0.3) is 11.6 Å². The molecular weight excluding hydrogens is 264 g/mol. The molecule has 0 radical (unpaired) electrons. The van der Waals surface area contributed by atoms with Crippen LogP contribution in [0.25, 0.3) is 0 Å². The van der Waals surface area contributed by atoms with E-state index in [2.05, 4.69) is 5.48 Å². The van der Waals surface area contributed by atoms with E-state index in [4.69, 9.17) is 21.2 Å². The molecule has 0 saturated heterocycles. The van der Waals surface area contributed by atoms with Gasteiger partial charge < -0.3 is 4.74 Å². The highest BCUT2D eigenvalue weighted by molar-refractivity contribution is 6.34. The van der Waals surface area contributed by atoms with E-state index in [1.165, 1.54) is 19.2 Å². The molecule has 0 heterocycles. The Labute approximate surface area is 108 Å². The van der Waals surface area contributed by atoms with Gasteiger partial charge in [0.05, 0.1) is 28.7 Å². The van der Waals surface area contributed by atoms with Crippen molar-refractivity contribution in [3.8, 4) is 0 Å². The minimum atomic E-state index is -0.595. The van der Waals surface area contributed by atoms with Gasteiger partial charge in [-0.2, -0.15) is 0 Å². The van der Waals surface area contributed by atoms with Gasteiger partial charge in [-0.05, 0) is 6.07 Å². The Balaban J connectivity index is 2.66. The minimum absolute atomic E-state index is 0.0166. The monoisotopic (exact) mass is 274 g/mol. The Bertz CT molecular complexity index is 452. The summed E-state index contributed by atoms with van der Waals surface area (Å²) in [5.41, 5.74) is 2.06. The summed E-state index contributed by atoms with van der Waals surface area (Å²) in [4.78, 5) is 26.3. The maximum Gasteiger partial charge on any atom is 0.276 e. The molecule has 0 spiro atoms. The molecule has 1 rings (SSSR count). The standard InChI is InChI=1S/C10H11ClN2O5/c1-17-4-5-18-12-10(14)8-3-2-7(13(15)16)6-9(8)11/h2-3,6H,4-5H2,1H3,(H,12,14). The molecule has 98 valence electrons. The predicted molar refractivity (Wildman–Crippen MR) is 63.4 cm³/mol. The molecule has 1 N–H and O–H groups in total. The summed E-state index contributed by atoms with van der Waals surface area (Å²) >= 11 is 5.76. The fraction of sp³-hybridized carbons (Fsp3) is 0.300. The van der Waals surface area contributed by atoms with Crippen molar-refractivity contribution in [2.75, 3.05) is 20.3 Å². The lowest BCUT2D eigenvalue weighted by atomic mass is 10.2. The van der Waals surface area contributed by atoms with Crippen LogP contribution in [0.2, 0.25) is 5.02 Å². The van der Waals surface area contributed by atoms with Crippen molar-refractivity contribution in [3.05, 3.63) is 38.9 Å². The van der Waals surface area contributed by atoms with Crippen molar-refractivity contribution >= 4 is 23.2 Å². The van der Waals surface area contributed by atoms with Crippen LogP contribution in [0, 0.1) is 10.1 Å². The Kier molecular flexibility index (Phi) is 5.50. The fourth-order valence-electron chi connectivity index (χ4n) is 1.10. The maximum absolute atomic E-state index is 11.6. The average Bonchev–Trinajstić information content (AvgIpc) is 2.34. The molecule has 0 saturated carbocycles. The van der Waals surface area contributed by atoms with Gasteiger partial charge in [0.15, 0.2) is 0 Å². The number of carbonyl (C=O) groups is 1. The molecule has 0 fully saturated rings. The summed E-state index contributed by atoms with van der Waals surface area (Å²) in [5, 5.41) is 10.5. The summed E-state index contributed by atoms with van der Waals surface area (Å²) in [6.45, 7) is 0.515. The van der Waals surface area contributed by atoms with Gasteiger partial charge in [-0.3, -0.25) is 19.7 Å². The summed E-state index contributed by atoms with van der Waals surface area (Å²) in [6.07, 6.45) is 0. The lowest BCUT2D eigenvalue weighted by Gasteiger charge is -2.06. The quantitative estimate of drug-likeness (QED) is 0.483. The van der Waals surface area contributed by atoms with E-state index >= 15 is 0 Å². The summed E-state index contributed by atoms with van der Waals surface area (Å²) in [6, 6.07) is 3.55. The molecular formula is C10H11ClN2O5. The number of nitro benzene ring substituents is 1. The Morgan fingerprint density at radius 3 is 2.78 bits per heavy atom. The van der Waals surface area contributed by atoms with E-state index < -0.39 is 10.8 Å². The second kappa shape index (κ2) is 6.90. The lowest BCUT2D eigenvalue weighted by Crippen LogP contribution is -2.25. The molecule has 1 amide bonds. The number of amides is 1. The van der Waals surface area contributed by atoms with Crippen molar-refractivity contribution in [2.24, 2.45) is 0 Å². The average molecular weight is 275 g/mol. The largest absolute Gasteiger partial charge is 0.382 e. The number of carbonyl (C=O) groups excluding carboxylic acids is 1. The molecule has 0 atom stereocenters. The van der Waals surface area contributed by atoms with Crippen LogP contribution in [-0.2, 0) is 9.57 Å². The van der Waals surface area contributed by atoms with E-state index in [-0.39, 0.29) is 22.9 Å². The molecule has 0 unspecified atom stereocenters. The van der Waals surface area contributed by atoms with E-state index in [0.29, 0.717) is 6.61 Å². The zero-order valence-corrected chi connectivity index (χ0v) is 10.3. The second-order valence-corrected chi connectivity index (χ2v) is 3.60. The van der Waals surface area contributed by atoms with Crippen molar-refractivity contribution < 1.29 is 19.3 Å². The van der Waals surface area contributed by atoms with Crippen LogP contribution in [0.15, 0.2) is 18.2 Å². The molecule has 18 heavy (non-hydrogen) atoms. The Hall–Kier alpha value is -1.70. The molecule has 8 heteroatoms. The van der Waals surface area contributed by atoms with Crippen molar-refractivity contribution in [2.45, 2.75) is 0 Å². The van der Waals surface area contributed by atoms with Gasteiger partial charge in [-0.15, -0.1) is 0 Å². The van der Waals surface area contributed by atoms with Crippen LogP contribution in [0.4, 0.5) is 5.69 Å². The van der Waals surface area contributed by atoms with E-state index in [1.54, 1.807) is 0 Å². The van der Waals surface area contributed by atoms with Crippen LogP contribution < -0.4 is 5.48 Å². The molecule has 1 aromatic carbocycles. The van der Waals surface area contributed by atoms with E-state index in [0.717, 1.165) is 6.07 Å². The number of halogens is 1. The number of non-ortho nitro benzene ring substituents is 1. The Morgan fingerprint density at radius 2 is 2.22 bits per heavy atom. The van der Waals surface area contributed by atoms with E-state index in [9.17, 15) is 14.9 Å². The highest BCUT2D eigenvalue weighted by Crippen LogP contribution is 2.22.